The van der Waals surface area contributed by atoms with E-state index in [2.05, 4.69) is 10.0 Å². The number of hydrogen-bond donors (Lipinski definition) is 2. The number of sulfonamides is 1. The Hall–Kier alpha value is -1.11. The van der Waals surface area contributed by atoms with Crippen molar-refractivity contribution >= 4 is 27.5 Å². The van der Waals surface area contributed by atoms with E-state index in [-0.39, 0.29) is 23.4 Å². The molecule has 0 saturated carbocycles. The number of benzene rings is 1. The third kappa shape index (κ3) is 5.18. The Balaban J connectivity index is 2.61. The van der Waals surface area contributed by atoms with Gasteiger partial charge in [-0.3, -0.25) is 4.79 Å². The molecule has 5 nitrogen and oxygen atoms in total. The van der Waals surface area contributed by atoms with E-state index in [0.29, 0.717) is 5.02 Å². The van der Waals surface area contributed by atoms with Crippen molar-refractivity contribution in [2.24, 2.45) is 0 Å². The summed E-state index contributed by atoms with van der Waals surface area (Å²) < 4.78 is 26.0. The molecule has 1 atom stereocenters. The molecule has 1 rings (SSSR count). The Morgan fingerprint density at radius 2 is 1.89 bits per heavy atom. The van der Waals surface area contributed by atoms with Gasteiger partial charge in [0, 0.05) is 11.1 Å². The van der Waals surface area contributed by atoms with Crippen LogP contribution in [0.2, 0.25) is 5.02 Å². The van der Waals surface area contributed by atoms with Crippen molar-refractivity contribution in [3.05, 3.63) is 29.3 Å². The lowest BCUT2D eigenvalue weighted by atomic mass is 10.2. The van der Waals surface area contributed by atoms with Gasteiger partial charge in [-0.2, -0.15) is 0 Å². The van der Waals surface area contributed by atoms with Gasteiger partial charge in [-0.15, -0.1) is 0 Å². The van der Waals surface area contributed by atoms with Crippen LogP contribution in [-0.2, 0) is 14.8 Å². The van der Waals surface area contributed by atoms with Crippen LogP contribution in [0.5, 0.6) is 0 Å². The molecule has 0 radical (unpaired) electrons. The number of rotatable bonds is 6. The Morgan fingerprint density at radius 1 is 1.32 bits per heavy atom. The van der Waals surface area contributed by atoms with Crippen molar-refractivity contribution in [1.29, 1.82) is 0 Å². The molecule has 0 unspecified atom stereocenters. The molecular formula is C12H17ClN2O3S. The van der Waals surface area contributed by atoms with E-state index in [1.807, 2.05) is 13.8 Å². The molecule has 2 N–H and O–H groups in total. The minimum absolute atomic E-state index is 0.0209. The molecular weight excluding hydrogens is 288 g/mol. The molecule has 0 aliphatic carbocycles. The van der Waals surface area contributed by atoms with Crippen molar-refractivity contribution in [2.75, 3.05) is 6.54 Å². The van der Waals surface area contributed by atoms with Crippen LogP contribution in [-0.4, -0.2) is 26.9 Å². The summed E-state index contributed by atoms with van der Waals surface area (Å²) in [7, 11) is -3.68. The third-order valence-electron chi connectivity index (χ3n) is 2.57. The van der Waals surface area contributed by atoms with Gasteiger partial charge in [-0.25, -0.2) is 13.1 Å². The highest BCUT2D eigenvalue weighted by molar-refractivity contribution is 7.89. The predicted octanol–water partition coefficient (Wildman–Crippen LogP) is 1.53. The lowest BCUT2D eigenvalue weighted by Gasteiger charge is -2.12. The second-order valence-electron chi connectivity index (χ2n) is 4.16. The summed E-state index contributed by atoms with van der Waals surface area (Å²) in [5.74, 6) is -0.355. The summed E-state index contributed by atoms with van der Waals surface area (Å²) in [5.41, 5.74) is 0. The van der Waals surface area contributed by atoms with Crippen molar-refractivity contribution in [1.82, 2.24) is 10.0 Å². The van der Waals surface area contributed by atoms with Crippen LogP contribution < -0.4 is 10.0 Å². The molecule has 0 spiro atoms. The monoisotopic (exact) mass is 304 g/mol. The largest absolute Gasteiger partial charge is 0.353 e. The minimum Gasteiger partial charge on any atom is -0.353 e. The molecule has 7 heteroatoms. The van der Waals surface area contributed by atoms with Crippen molar-refractivity contribution in [2.45, 2.75) is 31.2 Å². The summed E-state index contributed by atoms with van der Waals surface area (Å²) in [6.45, 7) is 3.50. The summed E-state index contributed by atoms with van der Waals surface area (Å²) in [5, 5.41) is 3.13. The van der Waals surface area contributed by atoms with Crippen molar-refractivity contribution in [3.63, 3.8) is 0 Å². The minimum atomic E-state index is -3.68. The molecule has 19 heavy (non-hydrogen) atoms. The summed E-state index contributed by atoms with van der Waals surface area (Å²) in [4.78, 5) is 11.6. The van der Waals surface area contributed by atoms with Crippen LogP contribution in [0.4, 0.5) is 0 Å². The molecule has 1 amide bonds. The van der Waals surface area contributed by atoms with E-state index < -0.39 is 10.0 Å². The molecule has 0 heterocycles. The Kier molecular flexibility index (Phi) is 5.78. The predicted molar refractivity (Wildman–Crippen MR) is 74.5 cm³/mol. The zero-order valence-electron chi connectivity index (χ0n) is 10.8. The van der Waals surface area contributed by atoms with Gasteiger partial charge in [0.15, 0.2) is 0 Å². The molecule has 0 fully saturated rings. The molecule has 0 aliphatic rings. The van der Waals surface area contributed by atoms with E-state index in [0.717, 1.165) is 6.42 Å². The average molecular weight is 305 g/mol. The molecule has 1 aromatic carbocycles. The number of amides is 1. The van der Waals surface area contributed by atoms with Gasteiger partial charge in [-0.1, -0.05) is 18.5 Å². The standard InChI is InChI=1S/C12H17ClN2O3S/c1-3-9(2)15-12(16)8-14-19(17,18)11-6-4-10(13)5-7-11/h4-7,9,14H,3,8H2,1-2H3,(H,15,16)/t9-/m1/s1. The van der Waals surface area contributed by atoms with Crippen LogP contribution in [0.15, 0.2) is 29.2 Å². The molecule has 0 aromatic heterocycles. The number of halogens is 1. The lowest BCUT2D eigenvalue weighted by molar-refractivity contribution is -0.120. The first kappa shape index (κ1) is 15.9. The zero-order valence-corrected chi connectivity index (χ0v) is 12.4. The first-order valence-corrected chi connectivity index (χ1v) is 7.76. The van der Waals surface area contributed by atoms with Crippen LogP contribution in [0, 0.1) is 0 Å². The maximum Gasteiger partial charge on any atom is 0.241 e. The highest BCUT2D eigenvalue weighted by Crippen LogP contribution is 2.13. The van der Waals surface area contributed by atoms with E-state index >= 15 is 0 Å². The topological polar surface area (TPSA) is 75.3 Å². The van der Waals surface area contributed by atoms with Gasteiger partial charge in [0.2, 0.25) is 15.9 Å². The molecule has 1 aromatic rings. The van der Waals surface area contributed by atoms with E-state index in [9.17, 15) is 13.2 Å². The molecule has 0 aliphatic heterocycles. The Labute approximate surface area is 118 Å². The first-order chi connectivity index (χ1) is 8.85. The molecule has 106 valence electrons. The lowest BCUT2D eigenvalue weighted by Crippen LogP contribution is -2.40. The normalized spacial score (nSPS) is 13.0. The number of nitrogens with one attached hydrogen (secondary N) is 2. The number of carbonyl (C=O) groups excluding carboxylic acids is 1. The maximum atomic E-state index is 11.9. The van der Waals surface area contributed by atoms with Crippen LogP contribution in [0.25, 0.3) is 0 Å². The fourth-order valence-electron chi connectivity index (χ4n) is 1.29. The van der Waals surface area contributed by atoms with Gasteiger partial charge in [0.05, 0.1) is 11.4 Å². The third-order valence-corrected chi connectivity index (χ3v) is 4.24. The van der Waals surface area contributed by atoms with Gasteiger partial charge >= 0.3 is 0 Å². The smallest absolute Gasteiger partial charge is 0.241 e. The zero-order chi connectivity index (χ0) is 14.5. The molecule has 0 bridgehead atoms. The van der Waals surface area contributed by atoms with Crippen LogP contribution in [0.1, 0.15) is 20.3 Å². The van der Waals surface area contributed by atoms with Crippen molar-refractivity contribution < 1.29 is 13.2 Å². The second-order valence-corrected chi connectivity index (χ2v) is 6.36. The Morgan fingerprint density at radius 3 is 2.42 bits per heavy atom. The SMILES string of the molecule is CC[C@@H](C)NC(=O)CNS(=O)(=O)c1ccc(Cl)cc1. The van der Waals surface area contributed by atoms with E-state index in [1.54, 1.807) is 0 Å². The highest BCUT2D eigenvalue weighted by Gasteiger charge is 2.15. The van der Waals surface area contributed by atoms with Gasteiger partial charge in [0.25, 0.3) is 0 Å². The van der Waals surface area contributed by atoms with Crippen LogP contribution in [0.3, 0.4) is 0 Å². The van der Waals surface area contributed by atoms with Gasteiger partial charge < -0.3 is 5.32 Å². The quantitative estimate of drug-likeness (QED) is 0.837. The first-order valence-electron chi connectivity index (χ1n) is 5.89. The summed E-state index contributed by atoms with van der Waals surface area (Å²) >= 11 is 5.68. The average Bonchev–Trinajstić information content (AvgIpc) is 2.37. The Bertz CT molecular complexity index is 528. The molecule has 0 saturated heterocycles. The highest BCUT2D eigenvalue weighted by atomic mass is 35.5. The summed E-state index contributed by atoms with van der Waals surface area (Å²) in [6, 6.07) is 5.76. The maximum absolute atomic E-state index is 11.9. The number of carbonyl (C=O) groups is 1. The second kappa shape index (κ2) is 6.88. The van der Waals surface area contributed by atoms with Gasteiger partial charge in [-0.05, 0) is 37.6 Å². The number of hydrogen-bond acceptors (Lipinski definition) is 3. The fourth-order valence-corrected chi connectivity index (χ4v) is 2.39. The summed E-state index contributed by atoms with van der Waals surface area (Å²) in [6.07, 6.45) is 0.787. The fraction of sp³-hybridized carbons (Fsp3) is 0.417. The van der Waals surface area contributed by atoms with E-state index in [1.165, 1.54) is 24.3 Å². The van der Waals surface area contributed by atoms with Crippen molar-refractivity contribution in [3.8, 4) is 0 Å². The van der Waals surface area contributed by atoms with Gasteiger partial charge in [0.1, 0.15) is 0 Å². The van der Waals surface area contributed by atoms with E-state index in [4.69, 9.17) is 11.6 Å². The van der Waals surface area contributed by atoms with Crippen LogP contribution >= 0.6 is 11.6 Å².